The van der Waals surface area contributed by atoms with E-state index in [2.05, 4.69) is 17.2 Å². The summed E-state index contributed by atoms with van der Waals surface area (Å²) in [5.74, 6) is -0.196. The van der Waals surface area contributed by atoms with Crippen molar-refractivity contribution in [1.29, 1.82) is 0 Å². The van der Waals surface area contributed by atoms with Gasteiger partial charge in [-0.3, -0.25) is 10.1 Å². The van der Waals surface area contributed by atoms with Crippen LogP contribution in [-0.2, 0) is 16.1 Å². The number of carboxylic acids is 1. The van der Waals surface area contributed by atoms with Crippen LogP contribution in [0.15, 0.2) is 28.6 Å². The maximum atomic E-state index is 13.3. The van der Waals surface area contributed by atoms with Crippen LogP contribution in [0.25, 0.3) is 0 Å². The first-order valence-corrected chi connectivity index (χ1v) is 14.1. The van der Waals surface area contributed by atoms with Crippen molar-refractivity contribution in [3.8, 4) is 0 Å². The second-order valence-corrected chi connectivity index (χ2v) is 12.5. The molecule has 0 atom stereocenters. The molecule has 1 saturated carbocycles. The van der Waals surface area contributed by atoms with Crippen LogP contribution < -0.4 is 5.32 Å². The third-order valence-electron chi connectivity index (χ3n) is 6.29. The molecular formula is C25H33ClFN3O4S2. The fourth-order valence-electron chi connectivity index (χ4n) is 3.85. The number of thiazole rings is 1. The second kappa shape index (κ2) is 13.1. The molecule has 1 aliphatic rings. The first kappa shape index (κ1) is 28.7. The van der Waals surface area contributed by atoms with Crippen molar-refractivity contribution in [2.24, 2.45) is 11.3 Å². The minimum absolute atomic E-state index is 0.115. The van der Waals surface area contributed by atoms with Gasteiger partial charge in [0, 0.05) is 23.4 Å². The van der Waals surface area contributed by atoms with E-state index in [1.807, 2.05) is 4.90 Å². The van der Waals surface area contributed by atoms with E-state index in [0.29, 0.717) is 40.5 Å². The number of halogens is 2. The van der Waals surface area contributed by atoms with Gasteiger partial charge in [-0.15, -0.1) is 11.8 Å². The number of urea groups is 1. The van der Waals surface area contributed by atoms with Crippen molar-refractivity contribution in [3.63, 3.8) is 0 Å². The van der Waals surface area contributed by atoms with Crippen molar-refractivity contribution in [1.82, 2.24) is 9.88 Å². The lowest BCUT2D eigenvalue weighted by atomic mass is 9.86. The molecule has 7 nitrogen and oxygen atoms in total. The topological polar surface area (TPSA) is 91.8 Å². The Bertz CT molecular complexity index is 1040. The molecule has 11 heteroatoms. The molecule has 0 aliphatic heterocycles. The van der Waals surface area contributed by atoms with E-state index in [9.17, 15) is 19.1 Å². The third kappa shape index (κ3) is 8.33. The van der Waals surface area contributed by atoms with Crippen molar-refractivity contribution in [3.05, 3.63) is 40.8 Å². The molecule has 36 heavy (non-hydrogen) atoms. The number of nitrogens with one attached hydrogen (secondary N) is 1. The summed E-state index contributed by atoms with van der Waals surface area (Å²) in [5.41, 5.74) is -0.162. The number of amides is 2. The van der Waals surface area contributed by atoms with Gasteiger partial charge < -0.3 is 14.7 Å². The van der Waals surface area contributed by atoms with Crippen LogP contribution in [-0.4, -0.2) is 51.9 Å². The van der Waals surface area contributed by atoms with E-state index in [1.54, 1.807) is 26.1 Å². The van der Waals surface area contributed by atoms with Crippen molar-refractivity contribution < 1.29 is 23.8 Å². The number of anilines is 1. The zero-order chi connectivity index (χ0) is 26.3. The lowest BCUT2D eigenvalue weighted by molar-refractivity contribution is -0.145. The Morgan fingerprint density at radius 1 is 1.33 bits per heavy atom. The van der Waals surface area contributed by atoms with Crippen LogP contribution >= 0.6 is 34.7 Å². The van der Waals surface area contributed by atoms with Gasteiger partial charge in [-0.1, -0.05) is 35.9 Å². The zero-order valence-electron chi connectivity index (χ0n) is 20.8. The molecule has 0 unspecified atom stereocenters. The fourth-order valence-corrected chi connectivity index (χ4v) is 6.01. The van der Waals surface area contributed by atoms with Gasteiger partial charge in [-0.25, -0.2) is 14.2 Å². The number of nitrogens with zero attached hydrogens (tertiary/aromatic N) is 2. The zero-order valence-corrected chi connectivity index (χ0v) is 23.1. The summed E-state index contributed by atoms with van der Waals surface area (Å²) in [6, 6.07) is 4.09. The van der Waals surface area contributed by atoms with Crippen LogP contribution in [0.1, 0.15) is 52.0 Å². The SMILES string of the molecule is CC(C)(CSc1cnc(NC(=O)N(CCOCc2ccc(F)cc2Cl)[C@H]2CC[C@H](C)CC2)s1)C(=O)O. The largest absolute Gasteiger partial charge is 0.481 e. The van der Waals surface area contributed by atoms with Gasteiger partial charge in [-0.2, -0.15) is 0 Å². The normalized spacial score (nSPS) is 18.1. The minimum Gasteiger partial charge on any atom is -0.481 e. The number of aromatic nitrogens is 1. The average molecular weight is 558 g/mol. The number of ether oxygens (including phenoxy) is 1. The van der Waals surface area contributed by atoms with Gasteiger partial charge in [0.1, 0.15) is 5.82 Å². The minimum atomic E-state index is -0.856. The van der Waals surface area contributed by atoms with Gasteiger partial charge in [0.15, 0.2) is 5.13 Å². The predicted octanol–water partition coefficient (Wildman–Crippen LogP) is 6.77. The van der Waals surface area contributed by atoms with E-state index in [-0.39, 0.29) is 18.7 Å². The maximum absolute atomic E-state index is 13.3. The van der Waals surface area contributed by atoms with Crippen molar-refractivity contribution in [2.75, 3.05) is 24.2 Å². The number of rotatable bonds is 11. The number of hydrogen-bond donors (Lipinski definition) is 2. The van der Waals surface area contributed by atoms with E-state index in [0.717, 1.165) is 29.9 Å². The van der Waals surface area contributed by atoms with Crippen molar-refractivity contribution in [2.45, 2.75) is 63.3 Å². The number of aliphatic carboxylic acids is 1. The summed E-state index contributed by atoms with van der Waals surface area (Å²) in [4.78, 5) is 30.7. The molecule has 2 aromatic rings. The molecule has 0 radical (unpaired) electrons. The van der Waals surface area contributed by atoms with Crippen LogP contribution in [0.2, 0.25) is 5.02 Å². The van der Waals surface area contributed by atoms with Gasteiger partial charge >= 0.3 is 12.0 Å². The Balaban J connectivity index is 1.58. The Labute approximate surface area is 224 Å². The average Bonchev–Trinajstić information content (AvgIpc) is 3.27. The number of thioether (sulfide) groups is 1. The van der Waals surface area contributed by atoms with E-state index in [1.165, 1.54) is 35.2 Å². The molecule has 3 rings (SSSR count). The highest BCUT2D eigenvalue weighted by molar-refractivity contribution is 8.01. The lowest BCUT2D eigenvalue weighted by Crippen LogP contribution is -2.46. The molecule has 1 heterocycles. The fraction of sp³-hybridized carbons (Fsp3) is 0.560. The molecular weight excluding hydrogens is 525 g/mol. The van der Waals surface area contributed by atoms with Gasteiger partial charge in [0.25, 0.3) is 0 Å². The number of carboxylic acid groups (broad SMARTS) is 1. The van der Waals surface area contributed by atoms with E-state index < -0.39 is 17.2 Å². The molecule has 2 N–H and O–H groups in total. The molecule has 1 aromatic heterocycles. The first-order chi connectivity index (χ1) is 17.0. The number of hydrogen-bond acceptors (Lipinski definition) is 6. The Morgan fingerprint density at radius 3 is 2.72 bits per heavy atom. The molecule has 0 bridgehead atoms. The molecule has 2 amide bonds. The van der Waals surface area contributed by atoms with Gasteiger partial charge in [0.05, 0.1) is 29.0 Å². The third-order valence-corrected chi connectivity index (χ3v) is 9.21. The van der Waals surface area contributed by atoms with E-state index >= 15 is 0 Å². The summed E-state index contributed by atoms with van der Waals surface area (Å²) in [7, 11) is 0. The second-order valence-electron chi connectivity index (χ2n) is 9.79. The van der Waals surface area contributed by atoms with Crippen LogP contribution in [0.3, 0.4) is 0 Å². The summed E-state index contributed by atoms with van der Waals surface area (Å²) >= 11 is 8.82. The summed E-state index contributed by atoms with van der Waals surface area (Å²) < 4.78 is 19.9. The molecule has 0 saturated heterocycles. The summed E-state index contributed by atoms with van der Waals surface area (Å²) in [6.07, 6.45) is 5.66. The van der Waals surface area contributed by atoms with Crippen molar-refractivity contribution >= 4 is 51.8 Å². The highest BCUT2D eigenvalue weighted by Crippen LogP contribution is 2.34. The Kier molecular flexibility index (Phi) is 10.4. The highest BCUT2D eigenvalue weighted by atomic mass is 35.5. The van der Waals surface area contributed by atoms with Crippen LogP contribution in [0.5, 0.6) is 0 Å². The molecule has 1 fully saturated rings. The Morgan fingerprint density at radius 2 is 2.06 bits per heavy atom. The van der Waals surface area contributed by atoms with Gasteiger partial charge in [0.2, 0.25) is 0 Å². The number of carbonyl (C=O) groups is 2. The summed E-state index contributed by atoms with van der Waals surface area (Å²) in [5, 5.41) is 13.0. The monoisotopic (exact) mass is 557 g/mol. The molecule has 1 aromatic carbocycles. The summed E-state index contributed by atoms with van der Waals surface area (Å²) in [6.45, 7) is 6.55. The maximum Gasteiger partial charge on any atom is 0.323 e. The number of benzene rings is 1. The highest BCUT2D eigenvalue weighted by Gasteiger charge is 2.29. The Hall–Kier alpha value is -1.88. The molecule has 0 spiro atoms. The van der Waals surface area contributed by atoms with Crippen LogP contribution in [0, 0.1) is 17.2 Å². The molecule has 198 valence electrons. The predicted molar refractivity (Wildman–Crippen MR) is 142 cm³/mol. The van der Waals surface area contributed by atoms with Gasteiger partial charge in [-0.05, 0) is 63.1 Å². The molecule has 1 aliphatic carbocycles. The number of carbonyl (C=O) groups excluding carboxylic acids is 1. The van der Waals surface area contributed by atoms with Crippen LogP contribution in [0.4, 0.5) is 14.3 Å². The quantitative estimate of drug-likeness (QED) is 0.234. The smallest absolute Gasteiger partial charge is 0.323 e. The lowest BCUT2D eigenvalue weighted by Gasteiger charge is -2.36. The standard InChI is InChI=1S/C25H33ClFN3O4S2/c1-16-4-8-19(9-5-16)30(10-11-34-14-17-6-7-18(27)12-20(17)26)24(33)29-23-28-13-21(36-23)35-15-25(2,3)22(31)32/h6-7,12-13,16,19H,4-5,8-11,14-15H2,1-3H3,(H,31,32)(H,28,29,33)/t16-,19-. The van der Waals surface area contributed by atoms with E-state index in [4.69, 9.17) is 16.3 Å². The first-order valence-electron chi connectivity index (χ1n) is 12.0.